The van der Waals surface area contributed by atoms with Crippen molar-refractivity contribution in [2.75, 3.05) is 37.6 Å². The molecule has 1 atom stereocenters. The lowest BCUT2D eigenvalue weighted by atomic mass is 10.1. The van der Waals surface area contributed by atoms with Gasteiger partial charge in [0, 0.05) is 38.4 Å². The van der Waals surface area contributed by atoms with Crippen molar-refractivity contribution < 1.29 is 4.79 Å². The first-order valence-electron chi connectivity index (χ1n) is 7.87. The van der Waals surface area contributed by atoms with E-state index in [1.54, 1.807) is 0 Å². The Morgan fingerprint density at radius 3 is 3.05 bits per heavy atom. The third-order valence-electron chi connectivity index (χ3n) is 4.31. The van der Waals surface area contributed by atoms with E-state index in [1.165, 1.54) is 11.3 Å². The van der Waals surface area contributed by atoms with Gasteiger partial charge in [-0.2, -0.15) is 0 Å². The summed E-state index contributed by atoms with van der Waals surface area (Å²) >= 11 is 0. The van der Waals surface area contributed by atoms with Crippen LogP contribution in [0.2, 0.25) is 0 Å². The van der Waals surface area contributed by atoms with Crippen LogP contribution in [-0.2, 0) is 6.54 Å². The van der Waals surface area contributed by atoms with Crippen molar-refractivity contribution in [2.45, 2.75) is 25.9 Å². The molecule has 2 fully saturated rings. The summed E-state index contributed by atoms with van der Waals surface area (Å²) in [5, 5.41) is 6.42. The van der Waals surface area contributed by atoms with Crippen LogP contribution in [0.5, 0.6) is 0 Å². The number of nitrogens with one attached hydrogen (secondary N) is 2. The van der Waals surface area contributed by atoms with Gasteiger partial charge in [-0.15, -0.1) is 0 Å². The van der Waals surface area contributed by atoms with Gasteiger partial charge >= 0.3 is 6.03 Å². The number of hydrogen-bond donors (Lipinski definition) is 2. The molecule has 0 aliphatic carbocycles. The summed E-state index contributed by atoms with van der Waals surface area (Å²) in [6.07, 6.45) is 1.15. The van der Waals surface area contributed by atoms with E-state index in [9.17, 15) is 4.79 Å². The number of hydrogen-bond acceptors (Lipinski definition) is 3. The second kappa shape index (κ2) is 6.35. The lowest BCUT2D eigenvalue weighted by molar-refractivity contribution is 0.197. The van der Waals surface area contributed by atoms with Crippen molar-refractivity contribution in [1.82, 2.24) is 15.5 Å². The van der Waals surface area contributed by atoms with Gasteiger partial charge in [0.05, 0.1) is 6.04 Å². The van der Waals surface area contributed by atoms with Gasteiger partial charge in [0.15, 0.2) is 0 Å². The van der Waals surface area contributed by atoms with Crippen molar-refractivity contribution >= 4 is 11.7 Å². The first kappa shape index (κ1) is 14.2. The molecule has 114 valence electrons. The van der Waals surface area contributed by atoms with E-state index in [1.807, 2.05) is 4.90 Å². The summed E-state index contributed by atoms with van der Waals surface area (Å²) in [6.45, 7) is 7.55. The lowest BCUT2D eigenvalue weighted by Gasteiger charge is -2.38. The van der Waals surface area contributed by atoms with Gasteiger partial charge in [-0.05, 0) is 24.6 Å². The molecular weight excluding hydrogens is 264 g/mol. The molecule has 0 radical (unpaired) electrons. The monoisotopic (exact) mass is 288 g/mol. The molecule has 5 heteroatoms. The van der Waals surface area contributed by atoms with Gasteiger partial charge in [0.2, 0.25) is 0 Å². The molecule has 0 saturated carbocycles. The van der Waals surface area contributed by atoms with E-state index in [2.05, 4.69) is 46.7 Å². The van der Waals surface area contributed by atoms with E-state index < -0.39 is 0 Å². The van der Waals surface area contributed by atoms with Crippen molar-refractivity contribution in [2.24, 2.45) is 0 Å². The van der Waals surface area contributed by atoms with Crippen LogP contribution < -0.4 is 15.5 Å². The molecule has 2 heterocycles. The predicted molar refractivity (Wildman–Crippen MR) is 84.5 cm³/mol. The second-order valence-electron chi connectivity index (χ2n) is 5.78. The molecular formula is C16H24N4O. The SMILES string of the molecule is CCCNCc1ccccc1N1CCN2C(=O)NCC2C1. The third kappa shape index (κ3) is 2.97. The van der Waals surface area contributed by atoms with E-state index in [0.29, 0.717) is 6.04 Å². The first-order chi connectivity index (χ1) is 10.3. The van der Waals surface area contributed by atoms with E-state index in [-0.39, 0.29) is 6.03 Å². The van der Waals surface area contributed by atoms with Crippen molar-refractivity contribution in [3.8, 4) is 0 Å². The maximum atomic E-state index is 11.7. The number of piperazine rings is 1. The molecule has 1 aromatic rings. The summed E-state index contributed by atoms with van der Waals surface area (Å²) in [5.41, 5.74) is 2.65. The summed E-state index contributed by atoms with van der Waals surface area (Å²) in [6, 6.07) is 9.00. The van der Waals surface area contributed by atoms with Gasteiger partial charge < -0.3 is 20.4 Å². The number of anilines is 1. The second-order valence-corrected chi connectivity index (χ2v) is 5.78. The van der Waals surface area contributed by atoms with Crippen LogP contribution in [0.25, 0.3) is 0 Å². The highest BCUT2D eigenvalue weighted by molar-refractivity contribution is 5.77. The topological polar surface area (TPSA) is 47.6 Å². The lowest BCUT2D eigenvalue weighted by Crippen LogP contribution is -2.52. The number of urea groups is 1. The summed E-state index contributed by atoms with van der Waals surface area (Å²) in [7, 11) is 0. The summed E-state index contributed by atoms with van der Waals surface area (Å²) in [5.74, 6) is 0. The Bertz CT molecular complexity index is 505. The molecule has 2 N–H and O–H groups in total. The normalized spacial score (nSPS) is 21.4. The van der Waals surface area contributed by atoms with Crippen LogP contribution in [0, 0.1) is 0 Å². The number of carbonyl (C=O) groups excluding carboxylic acids is 1. The zero-order chi connectivity index (χ0) is 14.7. The minimum absolute atomic E-state index is 0.0950. The number of para-hydroxylation sites is 1. The number of carbonyl (C=O) groups is 1. The minimum atomic E-state index is 0.0950. The average molecular weight is 288 g/mol. The fourth-order valence-corrected chi connectivity index (χ4v) is 3.19. The Morgan fingerprint density at radius 1 is 1.33 bits per heavy atom. The fourth-order valence-electron chi connectivity index (χ4n) is 3.19. The standard InChI is InChI=1S/C16H24N4O/c1-2-7-17-10-13-5-3-4-6-15(13)19-8-9-20-14(12-19)11-18-16(20)21/h3-6,14,17H,2,7-12H2,1H3,(H,18,21). The minimum Gasteiger partial charge on any atom is -0.367 e. The van der Waals surface area contributed by atoms with E-state index in [4.69, 9.17) is 0 Å². The molecule has 21 heavy (non-hydrogen) atoms. The summed E-state index contributed by atoms with van der Waals surface area (Å²) < 4.78 is 0. The van der Waals surface area contributed by atoms with Crippen molar-refractivity contribution in [1.29, 1.82) is 0 Å². The molecule has 2 aliphatic heterocycles. The maximum absolute atomic E-state index is 11.7. The molecule has 2 aliphatic rings. The Labute approximate surface area is 126 Å². The molecule has 3 rings (SSSR count). The average Bonchev–Trinajstić information content (AvgIpc) is 2.89. The van der Waals surface area contributed by atoms with Gasteiger partial charge in [-0.25, -0.2) is 4.79 Å². The highest BCUT2D eigenvalue weighted by atomic mass is 16.2. The predicted octanol–water partition coefficient (Wildman–Crippen LogP) is 1.40. The van der Waals surface area contributed by atoms with Gasteiger partial charge in [0.1, 0.15) is 0 Å². The highest BCUT2D eigenvalue weighted by Crippen LogP contribution is 2.24. The molecule has 5 nitrogen and oxygen atoms in total. The Morgan fingerprint density at radius 2 is 2.19 bits per heavy atom. The van der Waals surface area contributed by atoms with Crippen LogP contribution >= 0.6 is 0 Å². The Balaban J connectivity index is 1.70. The van der Waals surface area contributed by atoms with Gasteiger partial charge in [-0.1, -0.05) is 25.1 Å². The van der Waals surface area contributed by atoms with Gasteiger partial charge in [0.25, 0.3) is 0 Å². The first-order valence-corrected chi connectivity index (χ1v) is 7.87. The quantitative estimate of drug-likeness (QED) is 0.805. The zero-order valence-corrected chi connectivity index (χ0v) is 12.6. The van der Waals surface area contributed by atoms with Crippen LogP contribution in [0.1, 0.15) is 18.9 Å². The van der Waals surface area contributed by atoms with E-state index >= 15 is 0 Å². The van der Waals surface area contributed by atoms with Crippen molar-refractivity contribution in [3.05, 3.63) is 29.8 Å². The number of nitrogens with zero attached hydrogens (tertiary/aromatic N) is 2. The molecule has 1 unspecified atom stereocenters. The number of fused-ring (bicyclic) bond motifs is 1. The number of benzene rings is 1. The van der Waals surface area contributed by atoms with Crippen LogP contribution in [0.15, 0.2) is 24.3 Å². The largest absolute Gasteiger partial charge is 0.367 e. The van der Waals surface area contributed by atoms with Gasteiger partial charge in [-0.3, -0.25) is 0 Å². The van der Waals surface area contributed by atoms with Crippen LogP contribution in [-0.4, -0.2) is 49.7 Å². The number of rotatable bonds is 5. The third-order valence-corrected chi connectivity index (χ3v) is 4.31. The van der Waals surface area contributed by atoms with Crippen LogP contribution in [0.4, 0.5) is 10.5 Å². The number of amides is 2. The Kier molecular flexibility index (Phi) is 4.29. The fraction of sp³-hybridized carbons (Fsp3) is 0.562. The highest BCUT2D eigenvalue weighted by Gasteiger charge is 2.35. The Hall–Kier alpha value is -1.75. The molecule has 2 saturated heterocycles. The molecule has 0 aromatic heterocycles. The molecule has 1 aromatic carbocycles. The molecule has 0 spiro atoms. The summed E-state index contributed by atoms with van der Waals surface area (Å²) in [4.78, 5) is 16.1. The maximum Gasteiger partial charge on any atom is 0.317 e. The molecule has 2 amide bonds. The zero-order valence-electron chi connectivity index (χ0n) is 12.6. The molecule has 0 bridgehead atoms. The van der Waals surface area contributed by atoms with E-state index in [0.717, 1.165) is 45.7 Å². The van der Waals surface area contributed by atoms with Crippen LogP contribution in [0.3, 0.4) is 0 Å². The smallest absolute Gasteiger partial charge is 0.317 e. The van der Waals surface area contributed by atoms with Crippen molar-refractivity contribution in [3.63, 3.8) is 0 Å².